The number of benzene rings is 4. The molecule has 0 aliphatic carbocycles. The Kier molecular flexibility index (Phi) is 5.32. The molecule has 0 unspecified atom stereocenters. The molecule has 4 aromatic rings. The largest absolute Gasteiger partial charge is 0.481 e. The van der Waals surface area contributed by atoms with E-state index in [9.17, 15) is 9.59 Å². The van der Waals surface area contributed by atoms with Gasteiger partial charge in [-0.3, -0.25) is 9.59 Å². The lowest BCUT2D eigenvalue weighted by atomic mass is 9.95. The van der Waals surface area contributed by atoms with Gasteiger partial charge in [0, 0.05) is 12.8 Å². The topological polar surface area (TPSA) is 74.6 Å². The van der Waals surface area contributed by atoms with E-state index in [1.807, 2.05) is 0 Å². The Balaban J connectivity index is 0.000000172. The van der Waals surface area contributed by atoms with E-state index < -0.39 is 11.9 Å². The van der Waals surface area contributed by atoms with Crippen LogP contribution in [0.25, 0.3) is 32.3 Å². The summed E-state index contributed by atoms with van der Waals surface area (Å²) in [6, 6.07) is 21.9. The first kappa shape index (κ1) is 17.7. The molecule has 0 aliphatic heterocycles. The Labute approximate surface area is 151 Å². The van der Waals surface area contributed by atoms with Crippen molar-refractivity contribution in [1.82, 2.24) is 0 Å². The van der Waals surface area contributed by atoms with E-state index >= 15 is 0 Å². The predicted octanol–water partition coefficient (Wildman–Crippen LogP) is 5.30. The minimum absolute atomic E-state index is 0.0628. The average molecular weight is 348 g/mol. The van der Waals surface area contributed by atoms with Crippen molar-refractivity contribution in [2.45, 2.75) is 25.7 Å². The monoisotopic (exact) mass is 348 g/mol. The highest BCUT2D eigenvalue weighted by Gasteiger charge is 2.06. The van der Waals surface area contributed by atoms with Gasteiger partial charge in [0.15, 0.2) is 0 Å². The molecule has 0 heterocycles. The fourth-order valence-corrected chi connectivity index (χ4v) is 3.22. The van der Waals surface area contributed by atoms with Crippen molar-refractivity contribution in [2.24, 2.45) is 0 Å². The van der Waals surface area contributed by atoms with E-state index in [1.54, 1.807) is 0 Å². The summed E-state index contributed by atoms with van der Waals surface area (Å²) in [5, 5.41) is 24.4. The lowest BCUT2D eigenvalue weighted by Crippen LogP contribution is -1.97. The van der Waals surface area contributed by atoms with Crippen molar-refractivity contribution in [3.63, 3.8) is 0 Å². The van der Waals surface area contributed by atoms with Gasteiger partial charge in [0.1, 0.15) is 0 Å². The van der Waals surface area contributed by atoms with Crippen LogP contribution in [0.4, 0.5) is 0 Å². The van der Waals surface area contributed by atoms with Crippen LogP contribution >= 0.6 is 0 Å². The summed E-state index contributed by atoms with van der Waals surface area (Å²) >= 11 is 0. The molecule has 0 spiro atoms. The number of carboxylic acids is 2. The molecule has 0 amide bonds. The zero-order valence-corrected chi connectivity index (χ0v) is 14.3. The fourth-order valence-electron chi connectivity index (χ4n) is 3.22. The molecule has 4 nitrogen and oxygen atoms in total. The van der Waals surface area contributed by atoms with E-state index in [0.717, 1.165) is 0 Å². The zero-order chi connectivity index (χ0) is 18.5. The maximum absolute atomic E-state index is 9.90. The van der Waals surface area contributed by atoms with Crippen LogP contribution in [0, 0.1) is 0 Å². The van der Waals surface area contributed by atoms with Crippen LogP contribution in [0.1, 0.15) is 25.7 Å². The average Bonchev–Trinajstić information content (AvgIpc) is 2.64. The van der Waals surface area contributed by atoms with Crippen LogP contribution in [-0.4, -0.2) is 22.2 Å². The first-order chi connectivity index (χ1) is 12.6. The second-order valence-corrected chi connectivity index (χ2v) is 6.28. The second kappa shape index (κ2) is 7.83. The van der Waals surface area contributed by atoms with Gasteiger partial charge in [-0.15, -0.1) is 0 Å². The lowest BCUT2D eigenvalue weighted by molar-refractivity contribution is -0.139. The van der Waals surface area contributed by atoms with Crippen LogP contribution < -0.4 is 0 Å². The zero-order valence-electron chi connectivity index (χ0n) is 14.3. The van der Waals surface area contributed by atoms with E-state index in [1.165, 1.54) is 32.3 Å². The van der Waals surface area contributed by atoms with Crippen LogP contribution in [0.5, 0.6) is 0 Å². The molecule has 0 aliphatic rings. The van der Waals surface area contributed by atoms with Gasteiger partial charge in [0.2, 0.25) is 0 Å². The molecule has 132 valence electrons. The van der Waals surface area contributed by atoms with Gasteiger partial charge in [-0.2, -0.15) is 0 Å². The number of hydrogen-bond donors (Lipinski definition) is 2. The molecule has 2 N–H and O–H groups in total. The van der Waals surface area contributed by atoms with Crippen molar-refractivity contribution in [3.8, 4) is 0 Å². The summed E-state index contributed by atoms with van der Waals surface area (Å²) in [6.45, 7) is 0. The van der Waals surface area contributed by atoms with Crippen molar-refractivity contribution in [3.05, 3.63) is 60.7 Å². The SMILES string of the molecule is O=C(O)CCCCC(=O)O.c1cc2ccc3cccc4ccc(c1)c2c34. The molecule has 0 fully saturated rings. The molecule has 4 heteroatoms. The highest BCUT2D eigenvalue weighted by Crippen LogP contribution is 2.33. The van der Waals surface area contributed by atoms with Crippen molar-refractivity contribution in [1.29, 1.82) is 0 Å². The minimum Gasteiger partial charge on any atom is -0.481 e. The minimum atomic E-state index is -0.870. The van der Waals surface area contributed by atoms with Gasteiger partial charge in [-0.05, 0) is 45.2 Å². The second-order valence-electron chi connectivity index (χ2n) is 6.28. The molecule has 0 radical (unpaired) electrons. The van der Waals surface area contributed by atoms with E-state index in [2.05, 4.69) is 60.7 Å². The number of carboxylic acid groups (broad SMARTS) is 2. The standard InChI is InChI=1S/C16H10.C6H10O4/c1-3-11-7-9-13-5-2-6-14-10-8-12(4-1)15(11)16(13)14;7-5(8)3-1-2-4-6(9)10/h1-10H;1-4H2,(H,7,8)(H,9,10). The van der Waals surface area contributed by atoms with Gasteiger partial charge in [0.25, 0.3) is 0 Å². The number of unbranched alkanes of at least 4 members (excludes halogenated alkanes) is 1. The predicted molar refractivity (Wildman–Crippen MR) is 104 cm³/mol. The van der Waals surface area contributed by atoms with E-state index in [4.69, 9.17) is 10.2 Å². The summed E-state index contributed by atoms with van der Waals surface area (Å²) in [5.74, 6) is -1.74. The Morgan fingerprint density at radius 2 is 0.885 bits per heavy atom. The van der Waals surface area contributed by atoms with Gasteiger partial charge in [-0.1, -0.05) is 60.7 Å². The Morgan fingerprint density at radius 3 is 1.15 bits per heavy atom. The summed E-state index contributed by atoms with van der Waals surface area (Å²) < 4.78 is 0. The molecular formula is C22H20O4. The normalized spacial score (nSPS) is 10.8. The molecule has 0 aromatic heterocycles. The van der Waals surface area contributed by atoms with Crippen molar-refractivity contribution >= 4 is 44.3 Å². The van der Waals surface area contributed by atoms with Crippen LogP contribution in [0.3, 0.4) is 0 Å². The fraction of sp³-hybridized carbons (Fsp3) is 0.182. The quantitative estimate of drug-likeness (QED) is 0.379. The molecule has 4 rings (SSSR count). The maximum Gasteiger partial charge on any atom is 0.303 e. The molecule has 0 saturated heterocycles. The first-order valence-electron chi connectivity index (χ1n) is 8.62. The summed E-state index contributed by atoms with van der Waals surface area (Å²) in [4.78, 5) is 19.8. The van der Waals surface area contributed by atoms with Gasteiger partial charge in [0.05, 0.1) is 0 Å². The van der Waals surface area contributed by atoms with Gasteiger partial charge < -0.3 is 10.2 Å². The van der Waals surface area contributed by atoms with Crippen LogP contribution in [0.15, 0.2) is 60.7 Å². The lowest BCUT2D eigenvalue weighted by Gasteiger charge is -2.09. The Morgan fingerprint density at radius 1 is 0.577 bits per heavy atom. The molecular weight excluding hydrogens is 328 g/mol. The Bertz CT molecular complexity index is 906. The maximum atomic E-state index is 9.90. The summed E-state index contributed by atoms with van der Waals surface area (Å²) in [7, 11) is 0. The molecule has 0 bridgehead atoms. The first-order valence-corrected chi connectivity index (χ1v) is 8.62. The molecule has 0 atom stereocenters. The molecule has 26 heavy (non-hydrogen) atoms. The summed E-state index contributed by atoms with van der Waals surface area (Å²) in [5.41, 5.74) is 0. The third-order valence-electron chi connectivity index (χ3n) is 4.42. The third-order valence-corrected chi connectivity index (χ3v) is 4.42. The van der Waals surface area contributed by atoms with Gasteiger partial charge in [-0.25, -0.2) is 0 Å². The third kappa shape index (κ3) is 3.91. The van der Waals surface area contributed by atoms with E-state index in [0.29, 0.717) is 12.8 Å². The Hall–Kier alpha value is -3.14. The van der Waals surface area contributed by atoms with Gasteiger partial charge >= 0.3 is 11.9 Å². The number of aliphatic carboxylic acids is 2. The van der Waals surface area contributed by atoms with Crippen molar-refractivity contribution < 1.29 is 19.8 Å². The number of carbonyl (C=O) groups is 2. The number of rotatable bonds is 5. The van der Waals surface area contributed by atoms with Crippen LogP contribution in [-0.2, 0) is 9.59 Å². The smallest absolute Gasteiger partial charge is 0.303 e. The van der Waals surface area contributed by atoms with E-state index in [-0.39, 0.29) is 12.8 Å². The molecule has 0 saturated carbocycles. The summed E-state index contributed by atoms with van der Waals surface area (Å²) in [6.07, 6.45) is 1.02. The number of hydrogen-bond acceptors (Lipinski definition) is 2. The highest BCUT2D eigenvalue weighted by atomic mass is 16.4. The van der Waals surface area contributed by atoms with Crippen molar-refractivity contribution in [2.75, 3.05) is 0 Å². The van der Waals surface area contributed by atoms with Crippen LogP contribution in [0.2, 0.25) is 0 Å². The highest BCUT2D eigenvalue weighted by molar-refractivity contribution is 6.22. The molecule has 4 aromatic carbocycles.